The summed E-state index contributed by atoms with van der Waals surface area (Å²) in [5.41, 5.74) is 0.980. The molecule has 0 saturated carbocycles. The number of carbonyl (C=O) groups excluding carboxylic acids is 1. The molecule has 0 saturated heterocycles. The van der Waals surface area contributed by atoms with Gasteiger partial charge in [0.2, 0.25) is 5.91 Å². The Labute approximate surface area is 110 Å². The fourth-order valence-corrected chi connectivity index (χ4v) is 1.92. The Hall–Kier alpha value is -0.870. The molecule has 0 aromatic heterocycles. The molecular formula is C13H18BrNO2. The second-order valence-electron chi connectivity index (χ2n) is 4.01. The molecule has 94 valence electrons. The first-order valence-corrected chi connectivity index (χ1v) is 6.60. The third-order valence-electron chi connectivity index (χ3n) is 2.52. The Kier molecular flexibility index (Phi) is 6.22. The third kappa shape index (κ3) is 5.84. The Balaban J connectivity index is 2.30. The number of hydrogen-bond acceptors (Lipinski definition) is 2. The molecule has 0 aliphatic rings. The summed E-state index contributed by atoms with van der Waals surface area (Å²) in [5, 5.41) is 12.1. The lowest BCUT2D eigenvalue weighted by molar-refractivity contribution is -0.120. The van der Waals surface area contributed by atoms with E-state index < -0.39 is 0 Å². The molecule has 0 fully saturated rings. The lowest BCUT2D eigenvalue weighted by Gasteiger charge is -2.09. The molecule has 2 N–H and O–H groups in total. The van der Waals surface area contributed by atoms with Crippen LogP contribution in [-0.4, -0.2) is 23.7 Å². The van der Waals surface area contributed by atoms with E-state index in [2.05, 4.69) is 21.2 Å². The van der Waals surface area contributed by atoms with Crippen molar-refractivity contribution < 1.29 is 9.90 Å². The van der Waals surface area contributed by atoms with Gasteiger partial charge in [0.15, 0.2) is 0 Å². The van der Waals surface area contributed by atoms with E-state index in [1.807, 2.05) is 31.2 Å². The molecule has 0 radical (unpaired) electrons. The standard InChI is InChI=1S/C13H18BrNO2/c1-2-12(16)6-7-15-13(17)9-10-4-3-5-11(14)8-10/h3-5,8,12,16H,2,6-7,9H2,1H3,(H,15,17). The first kappa shape index (κ1) is 14.2. The van der Waals surface area contributed by atoms with Gasteiger partial charge >= 0.3 is 0 Å². The number of benzene rings is 1. The van der Waals surface area contributed by atoms with Crippen LogP contribution in [0.25, 0.3) is 0 Å². The van der Waals surface area contributed by atoms with E-state index in [9.17, 15) is 9.90 Å². The van der Waals surface area contributed by atoms with E-state index in [1.54, 1.807) is 0 Å². The number of amides is 1. The van der Waals surface area contributed by atoms with E-state index in [-0.39, 0.29) is 12.0 Å². The molecule has 3 nitrogen and oxygen atoms in total. The van der Waals surface area contributed by atoms with Gasteiger partial charge in [-0.15, -0.1) is 0 Å². The van der Waals surface area contributed by atoms with Crippen LogP contribution < -0.4 is 5.32 Å². The van der Waals surface area contributed by atoms with Crippen LogP contribution in [0.4, 0.5) is 0 Å². The summed E-state index contributed by atoms with van der Waals surface area (Å²) in [5.74, 6) is -0.00796. The fourth-order valence-electron chi connectivity index (χ4n) is 1.48. The molecule has 0 spiro atoms. The highest BCUT2D eigenvalue weighted by Gasteiger charge is 2.05. The van der Waals surface area contributed by atoms with E-state index >= 15 is 0 Å². The van der Waals surface area contributed by atoms with Gasteiger partial charge in [-0.3, -0.25) is 4.79 Å². The van der Waals surface area contributed by atoms with Gasteiger partial charge in [-0.05, 0) is 30.5 Å². The monoisotopic (exact) mass is 299 g/mol. The minimum Gasteiger partial charge on any atom is -0.393 e. The minimum atomic E-state index is -0.318. The van der Waals surface area contributed by atoms with Gasteiger partial charge in [0.05, 0.1) is 12.5 Å². The first-order chi connectivity index (χ1) is 8.11. The molecule has 0 heterocycles. The largest absolute Gasteiger partial charge is 0.393 e. The SMILES string of the molecule is CCC(O)CCNC(=O)Cc1cccc(Br)c1. The summed E-state index contributed by atoms with van der Waals surface area (Å²) in [7, 11) is 0. The summed E-state index contributed by atoms with van der Waals surface area (Å²) < 4.78 is 0.976. The van der Waals surface area contributed by atoms with Crippen molar-refractivity contribution in [1.29, 1.82) is 0 Å². The van der Waals surface area contributed by atoms with Crippen molar-refractivity contribution in [1.82, 2.24) is 5.32 Å². The Morgan fingerprint density at radius 3 is 2.94 bits per heavy atom. The third-order valence-corrected chi connectivity index (χ3v) is 3.02. The van der Waals surface area contributed by atoms with E-state index in [0.29, 0.717) is 19.4 Å². The van der Waals surface area contributed by atoms with E-state index in [0.717, 1.165) is 16.5 Å². The summed E-state index contributed by atoms with van der Waals surface area (Å²) in [4.78, 5) is 11.6. The Bertz CT molecular complexity index is 368. The van der Waals surface area contributed by atoms with Crippen molar-refractivity contribution in [2.24, 2.45) is 0 Å². The Morgan fingerprint density at radius 1 is 1.53 bits per heavy atom. The Morgan fingerprint density at radius 2 is 2.29 bits per heavy atom. The molecule has 1 atom stereocenters. The van der Waals surface area contributed by atoms with Crippen LogP contribution in [0, 0.1) is 0 Å². The van der Waals surface area contributed by atoms with Crippen molar-refractivity contribution >= 4 is 21.8 Å². The smallest absolute Gasteiger partial charge is 0.224 e. The highest BCUT2D eigenvalue weighted by Crippen LogP contribution is 2.11. The van der Waals surface area contributed by atoms with Gasteiger partial charge in [-0.1, -0.05) is 35.0 Å². The van der Waals surface area contributed by atoms with Crippen molar-refractivity contribution in [2.75, 3.05) is 6.54 Å². The van der Waals surface area contributed by atoms with Gasteiger partial charge in [-0.2, -0.15) is 0 Å². The maximum Gasteiger partial charge on any atom is 0.224 e. The molecule has 1 aromatic rings. The number of carbonyl (C=O) groups is 1. The van der Waals surface area contributed by atoms with E-state index in [1.165, 1.54) is 0 Å². The predicted octanol–water partition coefficient (Wildman–Crippen LogP) is 2.27. The minimum absolute atomic E-state index is 0.00796. The maximum absolute atomic E-state index is 11.6. The second-order valence-corrected chi connectivity index (χ2v) is 4.92. The van der Waals surface area contributed by atoms with Gasteiger partial charge in [0, 0.05) is 11.0 Å². The zero-order valence-corrected chi connectivity index (χ0v) is 11.5. The summed E-state index contributed by atoms with van der Waals surface area (Å²) >= 11 is 3.37. The molecular weight excluding hydrogens is 282 g/mol. The number of halogens is 1. The van der Waals surface area contributed by atoms with Crippen LogP contribution >= 0.6 is 15.9 Å². The molecule has 17 heavy (non-hydrogen) atoms. The summed E-state index contributed by atoms with van der Waals surface area (Å²) in [6.45, 7) is 2.45. The number of aliphatic hydroxyl groups excluding tert-OH is 1. The molecule has 0 bridgehead atoms. The number of rotatable bonds is 6. The number of nitrogens with one attached hydrogen (secondary N) is 1. The topological polar surface area (TPSA) is 49.3 Å². The second kappa shape index (κ2) is 7.45. The molecule has 1 aromatic carbocycles. The average Bonchev–Trinajstić information content (AvgIpc) is 2.28. The van der Waals surface area contributed by atoms with Crippen molar-refractivity contribution in [2.45, 2.75) is 32.3 Å². The first-order valence-electron chi connectivity index (χ1n) is 5.81. The van der Waals surface area contributed by atoms with Gasteiger partial charge in [0.25, 0.3) is 0 Å². The zero-order valence-electron chi connectivity index (χ0n) is 9.95. The average molecular weight is 300 g/mol. The molecule has 1 rings (SSSR count). The number of aliphatic hydroxyl groups is 1. The summed E-state index contributed by atoms with van der Waals surface area (Å²) in [6, 6.07) is 7.69. The van der Waals surface area contributed by atoms with Crippen LogP contribution in [-0.2, 0) is 11.2 Å². The van der Waals surface area contributed by atoms with Gasteiger partial charge in [-0.25, -0.2) is 0 Å². The quantitative estimate of drug-likeness (QED) is 0.846. The van der Waals surface area contributed by atoms with Crippen molar-refractivity contribution in [3.8, 4) is 0 Å². The van der Waals surface area contributed by atoms with Gasteiger partial charge < -0.3 is 10.4 Å². The van der Waals surface area contributed by atoms with Crippen LogP contribution in [0.5, 0.6) is 0 Å². The lowest BCUT2D eigenvalue weighted by atomic mass is 10.1. The zero-order chi connectivity index (χ0) is 12.7. The highest BCUT2D eigenvalue weighted by molar-refractivity contribution is 9.10. The van der Waals surface area contributed by atoms with Crippen LogP contribution in [0.1, 0.15) is 25.3 Å². The van der Waals surface area contributed by atoms with Crippen LogP contribution in [0.15, 0.2) is 28.7 Å². The van der Waals surface area contributed by atoms with Crippen LogP contribution in [0.3, 0.4) is 0 Å². The highest BCUT2D eigenvalue weighted by atomic mass is 79.9. The predicted molar refractivity (Wildman–Crippen MR) is 71.8 cm³/mol. The van der Waals surface area contributed by atoms with Gasteiger partial charge in [0.1, 0.15) is 0 Å². The van der Waals surface area contributed by atoms with Crippen molar-refractivity contribution in [3.05, 3.63) is 34.3 Å². The van der Waals surface area contributed by atoms with E-state index in [4.69, 9.17) is 0 Å². The molecule has 4 heteroatoms. The molecule has 1 amide bonds. The van der Waals surface area contributed by atoms with Crippen LogP contribution in [0.2, 0.25) is 0 Å². The normalized spacial score (nSPS) is 12.2. The number of hydrogen-bond donors (Lipinski definition) is 2. The molecule has 1 unspecified atom stereocenters. The molecule has 0 aliphatic heterocycles. The summed E-state index contributed by atoms with van der Waals surface area (Å²) in [6.07, 6.45) is 1.39. The van der Waals surface area contributed by atoms with Crippen molar-refractivity contribution in [3.63, 3.8) is 0 Å². The fraction of sp³-hybridized carbons (Fsp3) is 0.462. The lowest BCUT2D eigenvalue weighted by Crippen LogP contribution is -2.28. The maximum atomic E-state index is 11.6. The molecule has 0 aliphatic carbocycles.